The van der Waals surface area contributed by atoms with Gasteiger partial charge in [0, 0.05) is 6.04 Å². The van der Waals surface area contributed by atoms with Crippen LogP contribution in [0.3, 0.4) is 0 Å². The fraction of sp³-hybridized carbons (Fsp3) is 0.667. The third-order valence-corrected chi connectivity index (χ3v) is 3.71. The van der Waals surface area contributed by atoms with Gasteiger partial charge in [0.15, 0.2) is 0 Å². The quantitative estimate of drug-likeness (QED) is 0.759. The van der Waals surface area contributed by atoms with Crippen LogP contribution in [0.4, 0.5) is 0 Å². The Morgan fingerprint density at radius 2 is 2.50 bits per heavy atom. The van der Waals surface area contributed by atoms with Crippen LogP contribution in [-0.4, -0.2) is 12.6 Å². The van der Waals surface area contributed by atoms with Crippen LogP contribution in [0.1, 0.15) is 31.7 Å². The Morgan fingerprint density at radius 1 is 1.57 bits per heavy atom. The Hall–Kier alpha value is -0.340. The van der Waals surface area contributed by atoms with Crippen molar-refractivity contribution in [2.45, 2.75) is 38.6 Å². The molecule has 1 N–H and O–H groups in total. The summed E-state index contributed by atoms with van der Waals surface area (Å²) >= 11 is 1.79. The van der Waals surface area contributed by atoms with E-state index in [0.717, 1.165) is 18.5 Å². The lowest BCUT2D eigenvalue weighted by Crippen LogP contribution is -2.20. The van der Waals surface area contributed by atoms with Crippen molar-refractivity contribution in [1.82, 2.24) is 5.32 Å². The molecule has 1 nitrogen and oxygen atoms in total. The number of hydrogen-bond acceptors (Lipinski definition) is 2. The van der Waals surface area contributed by atoms with E-state index < -0.39 is 0 Å². The van der Waals surface area contributed by atoms with E-state index in [1.165, 1.54) is 31.2 Å². The molecule has 2 atom stereocenters. The molecular weight excluding hydrogens is 190 g/mol. The highest BCUT2D eigenvalue weighted by atomic mass is 32.1. The first kappa shape index (κ1) is 10.2. The SMILES string of the molecule is CCCC1CC1NCCc1ccsc1. The minimum absolute atomic E-state index is 0.841. The standard InChI is InChI=1S/C12H19NS/c1-2-3-11-8-12(11)13-6-4-10-5-7-14-9-10/h5,7,9,11-13H,2-4,6,8H2,1H3. The van der Waals surface area contributed by atoms with Crippen molar-refractivity contribution in [3.63, 3.8) is 0 Å². The molecule has 1 aliphatic rings. The monoisotopic (exact) mass is 209 g/mol. The summed E-state index contributed by atoms with van der Waals surface area (Å²) < 4.78 is 0. The van der Waals surface area contributed by atoms with Crippen LogP contribution in [0, 0.1) is 5.92 Å². The van der Waals surface area contributed by atoms with E-state index in [1.54, 1.807) is 11.3 Å². The highest BCUT2D eigenvalue weighted by Gasteiger charge is 2.34. The minimum Gasteiger partial charge on any atom is -0.313 e. The van der Waals surface area contributed by atoms with Crippen LogP contribution < -0.4 is 5.32 Å². The molecule has 2 heteroatoms. The summed E-state index contributed by atoms with van der Waals surface area (Å²) in [6, 6.07) is 3.07. The fourth-order valence-electron chi connectivity index (χ4n) is 2.02. The topological polar surface area (TPSA) is 12.0 Å². The smallest absolute Gasteiger partial charge is 0.00992 e. The van der Waals surface area contributed by atoms with Crippen LogP contribution >= 0.6 is 11.3 Å². The second kappa shape index (κ2) is 4.94. The summed E-state index contributed by atoms with van der Waals surface area (Å²) in [5, 5.41) is 8.04. The summed E-state index contributed by atoms with van der Waals surface area (Å²) in [5.74, 6) is 0.988. The molecule has 0 bridgehead atoms. The molecule has 1 heterocycles. The van der Waals surface area contributed by atoms with Crippen molar-refractivity contribution >= 4 is 11.3 Å². The molecule has 0 aliphatic heterocycles. The van der Waals surface area contributed by atoms with E-state index in [0.29, 0.717) is 0 Å². The van der Waals surface area contributed by atoms with Gasteiger partial charge in [-0.15, -0.1) is 0 Å². The van der Waals surface area contributed by atoms with Crippen molar-refractivity contribution in [2.24, 2.45) is 5.92 Å². The summed E-state index contributed by atoms with van der Waals surface area (Å²) in [5.41, 5.74) is 1.48. The van der Waals surface area contributed by atoms with Gasteiger partial charge in [0.05, 0.1) is 0 Å². The molecule has 1 aromatic heterocycles. The molecule has 14 heavy (non-hydrogen) atoms. The molecular formula is C12H19NS. The van der Waals surface area contributed by atoms with Gasteiger partial charge in [-0.2, -0.15) is 11.3 Å². The average Bonchev–Trinajstić information content (AvgIpc) is 2.73. The first-order valence-electron chi connectivity index (χ1n) is 5.64. The first-order valence-corrected chi connectivity index (χ1v) is 6.59. The fourth-order valence-corrected chi connectivity index (χ4v) is 2.73. The lowest BCUT2D eigenvalue weighted by molar-refractivity contribution is 0.600. The zero-order valence-electron chi connectivity index (χ0n) is 8.83. The molecule has 0 amide bonds. The van der Waals surface area contributed by atoms with Crippen LogP contribution in [0.2, 0.25) is 0 Å². The number of rotatable bonds is 6. The third kappa shape index (κ3) is 2.82. The average molecular weight is 209 g/mol. The van der Waals surface area contributed by atoms with Crippen molar-refractivity contribution < 1.29 is 0 Å². The van der Waals surface area contributed by atoms with E-state index in [4.69, 9.17) is 0 Å². The Bertz CT molecular complexity index is 255. The van der Waals surface area contributed by atoms with E-state index in [2.05, 4.69) is 29.1 Å². The van der Waals surface area contributed by atoms with Crippen molar-refractivity contribution in [3.8, 4) is 0 Å². The lowest BCUT2D eigenvalue weighted by atomic mass is 10.2. The van der Waals surface area contributed by atoms with Gasteiger partial charge in [-0.3, -0.25) is 0 Å². The maximum absolute atomic E-state index is 3.63. The largest absolute Gasteiger partial charge is 0.313 e. The van der Waals surface area contributed by atoms with Crippen molar-refractivity contribution in [3.05, 3.63) is 22.4 Å². The maximum Gasteiger partial charge on any atom is 0.00992 e. The van der Waals surface area contributed by atoms with Crippen LogP contribution in [0.5, 0.6) is 0 Å². The molecule has 1 saturated carbocycles. The van der Waals surface area contributed by atoms with Gasteiger partial charge in [0.25, 0.3) is 0 Å². The minimum atomic E-state index is 0.841. The summed E-state index contributed by atoms with van der Waals surface area (Å²) in [7, 11) is 0. The van der Waals surface area contributed by atoms with Crippen molar-refractivity contribution in [2.75, 3.05) is 6.54 Å². The van der Waals surface area contributed by atoms with Crippen LogP contribution in [0.25, 0.3) is 0 Å². The molecule has 0 saturated heterocycles. The maximum atomic E-state index is 3.63. The third-order valence-electron chi connectivity index (χ3n) is 2.98. The van der Waals surface area contributed by atoms with Crippen LogP contribution in [0.15, 0.2) is 16.8 Å². The molecule has 0 aromatic carbocycles. The zero-order chi connectivity index (χ0) is 9.80. The highest BCUT2D eigenvalue weighted by Crippen LogP contribution is 2.34. The van der Waals surface area contributed by atoms with E-state index in [-0.39, 0.29) is 0 Å². The van der Waals surface area contributed by atoms with Gasteiger partial charge in [0.1, 0.15) is 0 Å². The second-order valence-electron chi connectivity index (χ2n) is 4.23. The first-order chi connectivity index (χ1) is 6.90. The van der Waals surface area contributed by atoms with Gasteiger partial charge >= 0.3 is 0 Å². The lowest BCUT2D eigenvalue weighted by Gasteiger charge is -2.02. The molecule has 2 rings (SSSR count). The Balaban J connectivity index is 1.57. The molecule has 1 aromatic rings. The van der Waals surface area contributed by atoms with Gasteiger partial charge in [-0.05, 0) is 54.1 Å². The molecule has 0 spiro atoms. The van der Waals surface area contributed by atoms with Crippen LogP contribution in [-0.2, 0) is 6.42 Å². The molecule has 1 fully saturated rings. The molecule has 0 radical (unpaired) electrons. The number of thiophene rings is 1. The number of nitrogens with one attached hydrogen (secondary N) is 1. The van der Waals surface area contributed by atoms with Gasteiger partial charge in [0.2, 0.25) is 0 Å². The van der Waals surface area contributed by atoms with Gasteiger partial charge in [-0.25, -0.2) is 0 Å². The van der Waals surface area contributed by atoms with Gasteiger partial charge < -0.3 is 5.32 Å². The summed E-state index contributed by atoms with van der Waals surface area (Å²) in [4.78, 5) is 0. The number of hydrogen-bond donors (Lipinski definition) is 1. The zero-order valence-corrected chi connectivity index (χ0v) is 9.65. The second-order valence-corrected chi connectivity index (χ2v) is 5.01. The molecule has 78 valence electrons. The summed E-state index contributed by atoms with van der Waals surface area (Å²) in [6.07, 6.45) is 5.36. The molecule has 2 unspecified atom stereocenters. The van der Waals surface area contributed by atoms with Crippen molar-refractivity contribution in [1.29, 1.82) is 0 Å². The Labute approximate surface area is 90.5 Å². The molecule has 1 aliphatic carbocycles. The Kier molecular flexibility index (Phi) is 3.60. The summed E-state index contributed by atoms with van der Waals surface area (Å²) in [6.45, 7) is 3.43. The highest BCUT2D eigenvalue weighted by molar-refractivity contribution is 7.07. The predicted octanol–water partition coefficient (Wildman–Crippen LogP) is 3.07. The van der Waals surface area contributed by atoms with E-state index in [1.807, 2.05) is 0 Å². The predicted molar refractivity (Wildman–Crippen MR) is 62.8 cm³/mol. The Morgan fingerprint density at radius 3 is 3.21 bits per heavy atom. The van der Waals surface area contributed by atoms with E-state index >= 15 is 0 Å². The normalized spacial score (nSPS) is 25.2. The van der Waals surface area contributed by atoms with E-state index in [9.17, 15) is 0 Å². The van der Waals surface area contributed by atoms with Gasteiger partial charge in [-0.1, -0.05) is 13.3 Å².